The summed E-state index contributed by atoms with van der Waals surface area (Å²) in [7, 11) is 0. The van der Waals surface area contributed by atoms with Crippen LogP contribution in [0.3, 0.4) is 0 Å². The topological polar surface area (TPSA) is 20.2 Å². The molecule has 1 N–H and O–H groups in total. The molecule has 0 aliphatic heterocycles. The van der Waals surface area contributed by atoms with Crippen molar-refractivity contribution in [1.29, 1.82) is 0 Å². The molecule has 1 nitrogen and oxygen atoms in total. The minimum absolute atomic E-state index is 0.376. The van der Waals surface area contributed by atoms with E-state index < -0.39 is 0 Å². The van der Waals surface area contributed by atoms with E-state index in [4.69, 9.17) is 0 Å². The molecule has 0 aromatic heterocycles. The molecule has 3 aliphatic rings. The van der Waals surface area contributed by atoms with Crippen LogP contribution in [0, 0.1) is 35.0 Å². The second kappa shape index (κ2) is 3.04. The molecule has 0 unspecified atom stereocenters. The third kappa shape index (κ3) is 1.27. The highest BCUT2D eigenvalue weighted by molar-refractivity contribution is 5.14. The Morgan fingerprint density at radius 1 is 1.00 bits per heavy atom. The Labute approximate surface area is 99.6 Å². The van der Waals surface area contributed by atoms with Crippen LogP contribution in [-0.4, -0.2) is 10.7 Å². The van der Waals surface area contributed by atoms with Crippen LogP contribution >= 0.6 is 0 Å². The van der Waals surface area contributed by atoms with Crippen LogP contribution < -0.4 is 0 Å². The highest BCUT2D eigenvalue weighted by Gasteiger charge is 2.66. The zero-order chi connectivity index (χ0) is 11.7. The molecule has 92 valence electrons. The third-order valence-corrected chi connectivity index (χ3v) is 6.37. The molecule has 6 atom stereocenters. The van der Waals surface area contributed by atoms with Gasteiger partial charge in [-0.1, -0.05) is 27.2 Å². The number of aliphatic hydroxyl groups is 1. The predicted octanol–water partition coefficient (Wildman–Crippen LogP) is 3.47. The summed E-state index contributed by atoms with van der Waals surface area (Å²) < 4.78 is 0. The van der Waals surface area contributed by atoms with E-state index in [0.717, 1.165) is 30.1 Å². The van der Waals surface area contributed by atoms with Crippen molar-refractivity contribution in [2.75, 3.05) is 0 Å². The van der Waals surface area contributed by atoms with Gasteiger partial charge in [0, 0.05) is 0 Å². The van der Waals surface area contributed by atoms with E-state index in [1.54, 1.807) is 0 Å². The van der Waals surface area contributed by atoms with Crippen LogP contribution in [-0.2, 0) is 0 Å². The minimum atomic E-state index is -0.376. The van der Waals surface area contributed by atoms with Crippen molar-refractivity contribution in [2.45, 2.75) is 59.0 Å². The highest BCUT2D eigenvalue weighted by atomic mass is 16.3. The zero-order valence-electron chi connectivity index (χ0n) is 11.2. The summed E-state index contributed by atoms with van der Waals surface area (Å²) in [5, 5.41) is 10.7. The monoisotopic (exact) mass is 222 g/mol. The van der Waals surface area contributed by atoms with Crippen molar-refractivity contribution in [3.8, 4) is 0 Å². The van der Waals surface area contributed by atoms with E-state index >= 15 is 0 Å². The fourth-order valence-corrected chi connectivity index (χ4v) is 5.29. The Kier molecular flexibility index (Phi) is 2.11. The maximum Gasteiger partial charge on any atom is 0.0650 e. The Bertz CT molecular complexity index is 305. The predicted molar refractivity (Wildman–Crippen MR) is 66.0 cm³/mol. The zero-order valence-corrected chi connectivity index (χ0v) is 11.2. The molecule has 3 aliphatic carbocycles. The molecular weight excluding hydrogens is 196 g/mol. The van der Waals surface area contributed by atoms with E-state index in [9.17, 15) is 5.11 Å². The van der Waals surface area contributed by atoms with Gasteiger partial charge in [-0.2, -0.15) is 0 Å². The molecule has 0 spiro atoms. The van der Waals surface area contributed by atoms with Gasteiger partial charge in [-0.25, -0.2) is 0 Å². The van der Waals surface area contributed by atoms with Crippen molar-refractivity contribution in [3.05, 3.63) is 0 Å². The number of hydrogen-bond donors (Lipinski definition) is 1. The van der Waals surface area contributed by atoms with E-state index in [0.29, 0.717) is 11.3 Å². The van der Waals surface area contributed by atoms with Gasteiger partial charge >= 0.3 is 0 Å². The number of rotatable bonds is 0. The molecule has 16 heavy (non-hydrogen) atoms. The quantitative estimate of drug-likeness (QED) is 0.665. The van der Waals surface area contributed by atoms with Gasteiger partial charge in [0.25, 0.3) is 0 Å². The van der Waals surface area contributed by atoms with E-state index in [1.807, 2.05) is 0 Å². The SMILES string of the molecule is C[C@@H]1CC[C@@H]2[C@H]1[C@@H]1[C@@H](CC[C@@]2(C)O)C1(C)C. The van der Waals surface area contributed by atoms with E-state index in [-0.39, 0.29) is 5.60 Å². The fraction of sp³-hybridized carbons (Fsp3) is 1.00. The summed E-state index contributed by atoms with van der Waals surface area (Å²) in [5.41, 5.74) is 0.191. The molecule has 0 aromatic rings. The minimum Gasteiger partial charge on any atom is -0.390 e. The lowest BCUT2D eigenvalue weighted by molar-refractivity contribution is -0.0302. The normalized spacial score (nSPS) is 58.7. The summed E-state index contributed by atoms with van der Waals surface area (Å²) in [6, 6.07) is 0. The summed E-state index contributed by atoms with van der Waals surface area (Å²) >= 11 is 0. The van der Waals surface area contributed by atoms with E-state index in [2.05, 4.69) is 27.7 Å². The van der Waals surface area contributed by atoms with Crippen LogP contribution in [0.2, 0.25) is 0 Å². The Balaban J connectivity index is 1.94. The molecule has 0 saturated heterocycles. The fourth-order valence-electron chi connectivity index (χ4n) is 5.29. The molecule has 0 amide bonds. The first kappa shape index (κ1) is 11.1. The Hall–Kier alpha value is -0.0400. The average molecular weight is 222 g/mol. The standard InChI is InChI=1S/C15H26O/c1-9-5-6-10-12(9)13-11(14(13,2)3)7-8-15(10,4)16/h9-13,16H,5-8H2,1-4H3/t9-,10-,11-,12+,13+,15-/m1/s1. The Morgan fingerprint density at radius 2 is 1.69 bits per heavy atom. The van der Waals surface area contributed by atoms with Crippen molar-refractivity contribution < 1.29 is 5.11 Å². The molecular formula is C15H26O. The van der Waals surface area contributed by atoms with Crippen molar-refractivity contribution in [1.82, 2.24) is 0 Å². The third-order valence-electron chi connectivity index (χ3n) is 6.37. The average Bonchev–Trinajstić information content (AvgIpc) is 2.51. The van der Waals surface area contributed by atoms with Gasteiger partial charge in [0.05, 0.1) is 5.60 Å². The molecule has 3 fully saturated rings. The van der Waals surface area contributed by atoms with Gasteiger partial charge in [0.15, 0.2) is 0 Å². The van der Waals surface area contributed by atoms with Gasteiger partial charge in [-0.05, 0) is 61.2 Å². The second-order valence-electron chi connectivity index (χ2n) is 7.59. The lowest BCUT2D eigenvalue weighted by Crippen LogP contribution is -2.38. The molecule has 0 heterocycles. The first-order chi connectivity index (χ1) is 7.36. The summed E-state index contributed by atoms with van der Waals surface area (Å²) in [5.74, 6) is 4.03. The van der Waals surface area contributed by atoms with Crippen LogP contribution in [0.4, 0.5) is 0 Å². The summed E-state index contributed by atoms with van der Waals surface area (Å²) in [6.45, 7) is 9.41. The van der Waals surface area contributed by atoms with Crippen LogP contribution in [0.15, 0.2) is 0 Å². The molecule has 3 saturated carbocycles. The van der Waals surface area contributed by atoms with Gasteiger partial charge in [-0.15, -0.1) is 0 Å². The van der Waals surface area contributed by atoms with Gasteiger partial charge in [0.1, 0.15) is 0 Å². The smallest absolute Gasteiger partial charge is 0.0650 e. The number of fused-ring (bicyclic) bond motifs is 3. The van der Waals surface area contributed by atoms with Gasteiger partial charge < -0.3 is 5.11 Å². The van der Waals surface area contributed by atoms with Crippen molar-refractivity contribution in [3.63, 3.8) is 0 Å². The first-order valence-electron chi connectivity index (χ1n) is 7.08. The first-order valence-corrected chi connectivity index (χ1v) is 7.08. The maximum atomic E-state index is 10.7. The van der Waals surface area contributed by atoms with Gasteiger partial charge in [0.2, 0.25) is 0 Å². The van der Waals surface area contributed by atoms with Crippen LogP contribution in [0.5, 0.6) is 0 Å². The highest BCUT2D eigenvalue weighted by Crippen LogP contribution is 2.71. The lowest BCUT2D eigenvalue weighted by atomic mass is 9.74. The Morgan fingerprint density at radius 3 is 2.38 bits per heavy atom. The molecule has 1 heteroatoms. The maximum absolute atomic E-state index is 10.7. The van der Waals surface area contributed by atoms with Crippen LogP contribution in [0.1, 0.15) is 53.4 Å². The second-order valence-corrected chi connectivity index (χ2v) is 7.59. The summed E-state index contributed by atoms with van der Waals surface area (Å²) in [6.07, 6.45) is 4.89. The largest absolute Gasteiger partial charge is 0.390 e. The molecule has 3 rings (SSSR count). The molecule has 0 bridgehead atoms. The van der Waals surface area contributed by atoms with Crippen molar-refractivity contribution in [2.24, 2.45) is 35.0 Å². The van der Waals surface area contributed by atoms with Crippen molar-refractivity contribution >= 4 is 0 Å². The lowest BCUT2D eigenvalue weighted by Gasteiger charge is -2.35. The van der Waals surface area contributed by atoms with Crippen LogP contribution in [0.25, 0.3) is 0 Å². The van der Waals surface area contributed by atoms with E-state index in [1.165, 1.54) is 19.3 Å². The number of hydrogen-bond acceptors (Lipinski definition) is 1. The molecule has 0 aromatic carbocycles. The molecule has 0 radical (unpaired) electrons. The van der Waals surface area contributed by atoms with Gasteiger partial charge in [-0.3, -0.25) is 0 Å². The summed E-state index contributed by atoms with van der Waals surface area (Å²) in [4.78, 5) is 0.